The van der Waals surface area contributed by atoms with Crippen molar-refractivity contribution in [1.29, 1.82) is 0 Å². The summed E-state index contributed by atoms with van der Waals surface area (Å²) in [6.45, 7) is 6.98. The molecule has 5 nitrogen and oxygen atoms in total. The lowest BCUT2D eigenvalue weighted by Crippen LogP contribution is -2.47. The number of rotatable bonds is 6. The van der Waals surface area contributed by atoms with Crippen molar-refractivity contribution in [1.82, 2.24) is 15.3 Å². The van der Waals surface area contributed by atoms with Crippen LogP contribution in [0.15, 0.2) is 67.5 Å². The first-order valence-corrected chi connectivity index (χ1v) is 9.65. The van der Waals surface area contributed by atoms with Gasteiger partial charge in [-0.05, 0) is 42.2 Å². The number of nitrogens with zero attached hydrogens (tertiary/aromatic N) is 2. The van der Waals surface area contributed by atoms with Gasteiger partial charge < -0.3 is 14.6 Å². The monoisotopic (exact) mass is 375 g/mol. The molecule has 4 rings (SSSR count). The van der Waals surface area contributed by atoms with Crippen LogP contribution in [0.25, 0.3) is 6.08 Å². The van der Waals surface area contributed by atoms with E-state index in [0.29, 0.717) is 13.2 Å². The molecule has 0 aromatic heterocycles. The zero-order valence-corrected chi connectivity index (χ0v) is 16.0. The first-order chi connectivity index (χ1) is 13.7. The molecule has 2 atom stereocenters. The van der Waals surface area contributed by atoms with E-state index in [9.17, 15) is 4.79 Å². The Balaban J connectivity index is 1.43. The zero-order valence-electron chi connectivity index (χ0n) is 16.0. The van der Waals surface area contributed by atoms with Crippen molar-refractivity contribution in [3.63, 3.8) is 0 Å². The van der Waals surface area contributed by atoms with Gasteiger partial charge in [0.2, 0.25) is 0 Å². The van der Waals surface area contributed by atoms with Gasteiger partial charge >= 0.3 is 0 Å². The summed E-state index contributed by atoms with van der Waals surface area (Å²) in [7, 11) is 0. The summed E-state index contributed by atoms with van der Waals surface area (Å²) in [5.41, 5.74) is 6.78. The Bertz CT molecular complexity index is 874. The van der Waals surface area contributed by atoms with Crippen LogP contribution in [-0.4, -0.2) is 28.5 Å². The number of hydrogen-bond donors (Lipinski definition) is 1. The number of nitrogens with one attached hydrogen (secondary N) is 1. The molecule has 0 saturated carbocycles. The van der Waals surface area contributed by atoms with E-state index in [0.717, 1.165) is 28.9 Å². The van der Waals surface area contributed by atoms with Crippen LogP contribution in [0.4, 0.5) is 0 Å². The van der Waals surface area contributed by atoms with Gasteiger partial charge in [-0.3, -0.25) is 4.79 Å². The number of fused-ring (bicyclic) bond motifs is 1. The van der Waals surface area contributed by atoms with Gasteiger partial charge in [0.15, 0.2) is 0 Å². The summed E-state index contributed by atoms with van der Waals surface area (Å²) in [5.74, 6) is 0.989. The van der Waals surface area contributed by atoms with E-state index >= 15 is 0 Å². The molecule has 5 heteroatoms. The molecule has 0 aliphatic carbocycles. The minimum absolute atomic E-state index is 0.112. The standard InChI is InChI=1S/C23H25N3O2/c1-3-17-5-7-18(8-6-17)16-25-13-14-26-22(23(25)27)15-21(24-26)19-9-11-20(12-10-19)28-4-2/h3,5-14,21-22,24H,1,4,15-16H2,2H3. The molecular weight excluding hydrogens is 350 g/mol. The largest absolute Gasteiger partial charge is 0.494 e. The molecule has 2 heterocycles. The van der Waals surface area contributed by atoms with Gasteiger partial charge in [0.25, 0.3) is 5.91 Å². The highest BCUT2D eigenvalue weighted by Crippen LogP contribution is 2.32. The Morgan fingerprint density at radius 3 is 2.57 bits per heavy atom. The predicted octanol–water partition coefficient (Wildman–Crippen LogP) is 3.86. The third kappa shape index (κ3) is 3.66. The highest BCUT2D eigenvalue weighted by Gasteiger charge is 2.39. The van der Waals surface area contributed by atoms with Crippen molar-refractivity contribution in [2.45, 2.75) is 32.0 Å². The second kappa shape index (κ2) is 7.90. The van der Waals surface area contributed by atoms with Crippen LogP contribution in [0.3, 0.4) is 0 Å². The summed E-state index contributed by atoms with van der Waals surface area (Å²) in [5, 5.41) is 1.93. The number of hydrazine groups is 1. The van der Waals surface area contributed by atoms with Gasteiger partial charge in [0, 0.05) is 12.4 Å². The van der Waals surface area contributed by atoms with Crippen molar-refractivity contribution < 1.29 is 9.53 Å². The van der Waals surface area contributed by atoms with E-state index in [1.54, 1.807) is 4.90 Å². The zero-order chi connectivity index (χ0) is 19.5. The Labute approximate surface area is 165 Å². The molecule has 1 saturated heterocycles. The second-order valence-corrected chi connectivity index (χ2v) is 7.05. The van der Waals surface area contributed by atoms with E-state index in [2.05, 4.69) is 24.1 Å². The van der Waals surface area contributed by atoms with E-state index in [1.807, 2.05) is 66.8 Å². The summed E-state index contributed by atoms with van der Waals surface area (Å²) >= 11 is 0. The molecule has 2 aliphatic heterocycles. The fourth-order valence-corrected chi connectivity index (χ4v) is 3.70. The molecule has 0 bridgehead atoms. The van der Waals surface area contributed by atoms with Crippen LogP contribution in [0.5, 0.6) is 5.75 Å². The average Bonchev–Trinajstić information content (AvgIpc) is 3.17. The molecule has 2 unspecified atom stereocenters. The van der Waals surface area contributed by atoms with Crippen LogP contribution < -0.4 is 10.2 Å². The molecular formula is C23H25N3O2. The highest BCUT2D eigenvalue weighted by molar-refractivity contribution is 5.84. The fraction of sp³-hybridized carbons (Fsp3) is 0.261. The number of carbonyl (C=O) groups is 1. The number of amides is 1. The molecule has 0 spiro atoms. The number of benzene rings is 2. The summed E-state index contributed by atoms with van der Waals surface area (Å²) in [6, 6.07) is 16.1. The molecule has 1 fully saturated rings. The number of ether oxygens (including phenoxy) is 1. The molecule has 28 heavy (non-hydrogen) atoms. The van der Waals surface area contributed by atoms with Crippen LogP contribution in [0.1, 0.15) is 36.1 Å². The smallest absolute Gasteiger partial charge is 0.251 e. The maximum atomic E-state index is 13.0. The lowest BCUT2D eigenvalue weighted by molar-refractivity contribution is -0.134. The lowest BCUT2D eigenvalue weighted by atomic mass is 10.0. The molecule has 0 radical (unpaired) electrons. The van der Waals surface area contributed by atoms with E-state index in [4.69, 9.17) is 4.74 Å². The van der Waals surface area contributed by atoms with Crippen LogP contribution in [-0.2, 0) is 11.3 Å². The van der Waals surface area contributed by atoms with Gasteiger partial charge in [0.1, 0.15) is 11.8 Å². The van der Waals surface area contributed by atoms with E-state index < -0.39 is 0 Å². The van der Waals surface area contributed by atoms with E-state index in [1.165, 1.54) is 0 Å². The van der Waals surface area contributed by atoms with Crippen molar-refractivity contribution in [2.75, 3.05) is 6.61 Å². The van der Waals surface area contributed by atoms with Gasteiger partial charge in [-0.1, -0.05) is 49.1 Å². The van der Waals surface area contributed by atoms with E-state index in [-0.39, 0.29) is 18.0 Å². The molecule has 144 valence electrons. The minimum atomic E-state index is -0.186. The van der Waals surface area contributed by atoms with Crippen LogP contribution >= 0.6 is 0 Å². The van der Waals surface area contributed by atoms with Crippen LogP contribution in [0, 0.1) is 0 Å². The average molecular weight is 375 g/mol. The van der Waals surface area contributed by atoms with Gasteiger partial charge in [0.05, 0.1) is 19.2 Å². The second-order valence-electron chi connectivity index (χ2n) is 7.05. The molecule has 2 aromatic carbocycles. The van der Waals surface area contributed by atoms with Crippen LogP contribution in [0.2, 0.25) is 0 Å². The third-order valence-electron chi connectivity index (χ3n) is 5.24. The van der Waals surface area contributed by atoms with Gasteiger partial charge in [-0.15, -0.1) is 0 Å². The summed E-state index contributed by atoms with van der Waals surface area (Å²) in [6.07, 6.45) is 6.37. The normalized spacial score (nSPS) is 21.0. The van der Waals surface area contributed by atoms with Crippen molar-refractivity contribution >= 4 is 12.0 Å². The quantitative estimate of drug-likeness (QED) is 0.833. The minimum Gasteiger partial charge on any atom is -0.494 e. The maximum Gasteiger partial charge on any atom is 0.251 e. The summed E-state index contributed by atoms with van der Waals surface area (Å²) in [4.78, 5) is 14.8. The van der Waals surface area contributed by atoms with Gasteiger partial charge in [-0.2, -0.15) is 0 Å². The van der Waals surface area contributed by atoms with Crippen molar-refractivity contribution in [3.05, 3.63) is 84.2 Å². The predicted molar refractivity (Wildman–Crippen MR) is 110 cm³/mol. The van der Waals surface area contributed by atoms with Crippen molar-refractivity contribution in [3.8, 4) is 5.75 Å². The molecule has 1 amide bonds. The number of hydrogen-bond acceptors (Lipinski definition) is 4. The first-order valence-electron chi connectivity index (χ1n) is 9.65. The lowest BCUT2D eigenvalue weighted by Gasteiger charge is -2.31. The molecule has 2 aliphatic rings. The molecule has 1 N–H and O–H groups in total. The van der Waals surface area contributed by atoms with Gasteiger partial charge in [-0.25, -0.2) is 5.43 Å². The Kier molecular flexibility index (Phi) is 5.17. The van der Waals surface area contributed by atoms with Crippen molar-refractivity contribution in [2.24, 2.45) is 0 Å². The third-order valence-corrected chi connectivity index (χ3v) is 5.24. The Hall–Kier alpha value is -3.05. The maximum absolute atomic E-state index is 13.0. The SMILES string of the molecule is C=Cc1ccc(CN2C=CN3NC(c4ccc(OCC)cc4)CC3C2=O)cc1. The Morgan fingerprint density at radius 1 is 1.14 bits per heavy atom. The Morgan fingerprint density at radius 2 is 1.89 bits per heavy atom. The number of carbonyl (C=O) groups excluding carboxylic acids is 1. The summed E-state index contributed by atoms with van der Waals surface area (Å²) < 4.78 is 5.51. The topological polar surface area (TPSA) is 44.8 Å². The highest BCUT2D eigenvalue weighted by atomic mass is 16.5. The molecule has 2 aromatic rings. The first kappa shape index (κ1) is 18.3. The fourth-order valence-electron chi connectivity index (χ4n) is 3.70.